The van der Waals surface area contributed by atoms with Crippen LogP contribution in [0.15, 0.2) is 46.9 Å². The normalized spacial score (nSPS) is 13.7. The molecule has 1 aliphatic heterocycles. The molecule has 0 radical (unpaired) electrons. The summed E-state index contributed by atoms with van der Waals surface area (Å²) in [4.78, 5) is 26.1. The van der Waals surface area contributed by atoms with Crippen LogP contribution in [0, 0.1) is 0 Å². The third kappa shape index (κ3) is 2.40. The van der Waals surface area contributed by atoms with Crippen LogP contribution in [0.5, 0.6) is 0 Å². The minimum Gasteiger partial charge on any atom is -0.270 e. The van der Waals surface area contributed by atoms with Gasteiger partial charge in [0.1, 0.15) is 0 Å². The first kappa shape index (κ1) is 14.0. The van der Waals surface area contributed by atoms with E-state index in [9.17, 15) is 9.59 Å². The number of hydrogen-bond donors (Lipinski definition) is 0. The Bertz CT molecular complexity index is 704. The van der Waals surface area contributed by atoms with Gasteiger partial charge in [0.05, 0.1) is 17.7 Å². The van der Waals surface area contributed by atoms with Gasteiger partial charge in [0, 0.05) is 4.47 Å². The summed E-state index contributed by atoms with van der Waals surface area (Å²) in [6, 6.07) is 12.9. The van der Waals surface area contributed by atoms with Crippen molar-refractivity contribution in [1.29, 1.82) is 0 Å². The highest BCUT2D eigenvalue weighted by Crippen LogP contribution is 2.26. The zero-order chi connectivity index (χ0) is 15.0. The first-order valence-corrected chi connectivity index (χ1v) is 7.63. The molecule has 2 aromatic carbocycles. The molecule has 0 aliphatic carbocycles. The van der Waals surface area contributed by atoms with Crippen molar-refractivity contribution in [3.05, 3.63) is 69.2 Å². The van der Waals surface area contributed by atoms with Crippen molar-refractivity contribution >= 4 is 27.7 Å². The van der Waals surface area contributed by atoms with Gasteiger partial charge in [0.2, 0.25) is 0 Å². The van der Waals surface area contributed by atoms with Gasteiger partial charge in [-0.15, -0.1) is 0 Å². The van der Waals surface area contributed by atoms with E-state index < -0.39 is 0 Å². The summed E-state index contributed by atoms with van der Waals surface area (Å²) < 4.78 is 1.01. The van der Waals surface area contributed by atoms with Crippen LogP contribution in [0.1, 0.15) is 38.8 Å². The highest BCUT2D eigenvalue weighted by Gasteiger charge is 2.35. The molecule has 1 aliphatic rings. The molecule has 0 unspecified atom stereocenters. The van der Waals surface area contributed by atoms with Crippen molar-refractivity contribution in [2.75, 3.05) is 0 Å². The van der Waals surface area contributed by atoms with Crippen molar-refractivity contribution in [2.24, 2.45) is 0 Å². The number of amides is 2. The van der Waals surface area contributed by atoms with E-state index in [-0.39, 0.29) is 11.8 Å². The van der Waals surface area contributed by atoms with Crippen LogP contribution >= 0.6 is 15.9 Å². The number of halogens is 1. The number of carbonyl (C=O) groups excluding carboxylic acids is 2. The maximum Gasteiger partial charge on any atom is 0.261 e. The van der Waals surface area contributed by atoms with E-state index in [1.54, 1.807) is 24.3 Å². The fourth-order valence-electron chi connectivity index (χ4n) is 2.63. The van der Waals surface area contributed by atoms with Gasteiger partial charge < -0.3 is 0 Å². The fourth-order valence-corrected chi connectivity index (χ4v) is 3.04. The van der Waals surface area contributed by atoms with Crippen LogP contribution in [0.25, 0.3) is 0 Å². The fraction of sp³-hybridized carbons (Fsp3) is 0.176. The standard InChI is InChI=1S/C17H14BrNO2/c1-2-11-9-13(18)8-7-12(11)10-19-16(20)14-5-3-4-6-15(14)17(19)21/h3-9H,2,10H2,1H3. The molecule has 1 heterocycles. The van der Waals surface area contributed by atoms with Crippen LogP contribution in [0.2, 0.25) is 0 Å². The van der Waals surface area contributed by atoms with E-state index in [0.29, 0.717) is 17.7 Å². The third-order valence-electron chi connectivity index (χ3n) is 3.76. The molecule has 0 fully saturated rings. The summed E-state index contributed by atoms with van der Waals surface area (Å²) in [7, 11) is 0. The lowest BCUT2D eigenvalue weighted by atomic mass is 10.0. The van der Waals surface area contributed by atoms with Gasteiger partial charge >= 0.3 is 0 Å². The molecule has 0 N–H and O–H groups in total. The van der Waals surface area contributed by atoms with Crippen LogP contribution < -0.4 is 0 Å². The van der Waals surface area contributed by atoms with E-state index in [0.717, 1.165) is 22.0 Å². The lowest BCUT2D eigenvalue weighted by Gasteiger charge is -2.16. The number of fused-ring (bicyclic) bond motifs is 1. The summed E-state index contributed by atoms with van der Waals surface area (Å²) in [6.45, 7) is 2.39. The monoisotopic (exact) mass is 343 g/mol. The van der Waals surface area contributed by atoms with Crippen molar-refractivity contribution in [3.8, 4) is 0 Å². The maximum absolute atomic E-state index is 12.4. The van der Waals surface area contributed by atoms with Crippen LogP contribution in [0.4, 0.5) is 0 Å². The van der Waals surface area contributed by atoms with E-state index in [1.807, 2.05) is 18.2 Å². The lowest BCUT2D eigenvalue weighted by Crippen LogP contribution is -2.29. The second-order valence-electron chi connectivity index (χ2n) is 5.01. The van der Waals surface area contributed by atoms with Gasteiger partial charge in [0.25, 0.3) is 11.8 Å². The highest BCUT2D eigenvalue weighted by molar-refractivity contribution is 9.10. The maximum atomic E-state index is 12.4. The van der Waals surface area contributed by atoms with Crippen molar-refractivity contribution in [1.82, 2.24) is 4.90 Å². The largest absolute Gasteiger partial charge is 0.270 e. The zero-order valence-corrected chi connectivity index (χ0v) is 13.2. The molecule has 21 heavy (non-hydrogen) atoms. The van der Waals surface area contributed by atoms with Gasteiger partial charge in [-0.05, 0) is 41.8 Å². The number of benzene rings is 2. The average Bonchev–Trinajstić information content (AvgIpc) is 2.74. The van der Waals surface area contributed by atoms with E-state index in [2.05, 4.69) is 22.9 Å². The molecule has 0 aromatic heterocycles. The number of rotatable bonds is 3. The Hall–Kier alpha value is -1.94. The third-order valence-corrected chi connectivity index (χ3v) is 4.25. The Morgan fingerprint density at radius 2 is 1.57 bits per heavy atom. The molecule has 0 saturated carbocycles. The quantitative estimate of drug-likeness (QED) is 0.794. The number of imide groups is 1. The molecule has 3 nitrogen and oxygen atoms in total. The number of nitrogens with zero attached hydrogens (tertiary/aromatic N) is 1. The second kappa shape index (κ2) is 5.45. The summed E-state index contributed by atoms with van der Waals surface area (Å²) in [6.07, 6.45) is 0.859. The SMILES string of the molecule is CCc1cc(Br)ccc1CN1C(=O)c2ccccc2C1=O. The first-order valence-electron chi connectivity index (χ1n) is 6.84. The van der Waals surface area contributed by atoms with Crippen molar-refractivity contribution in [3.63, 3.8) is 0 Å². The predicted octanol–water partition coefficient (Wildman–Crippen LogP) is 3.81. The number of hydrogen-bond acceptors (Lipinski definition) is 2. The van der Waals surface area contributed by atoms with Crippen LogP contribution in [-0.4, -0.2) is 16.7 Å². The van der Waals surface area contributed by atoms with Gasteiger partial charge in [-0.1, -0.05) is 41.1 Å². The minimum atomic E-state index is -0.208. The Balaban J connectivity index is 1.94. The second-order valence-corrected chi connectivity index (χ2v) is 5.92. The van der Waals surface area contributed by atoms with Crippen LogP contribution in [-0.2, 0) is 13.0 Å². The smallest absolute Gasteiger partial charge is 0.261 e. The molecular formula is C17H14BrNO2. The zero-order valence-electron chi connectivity index (χ0n) is 11.6. The molecule has 0 atom stereocenters. The molecule has 4 heteroatoms. The van der Waals surface area contributed by atoms with E-state index in [4.69, 9.17) is 0 Å². The van der Waals surface area contributed by atoms with E-state index in [1.165, 1.54) is 4.90 Å². The first-order chi connectivity index (χ1) is 10.1. The summed E-state index contributed by atoms with van der Waals surface area (Å²) in [5.41, 5.74) is 3.14. The Morgan fingerprint density at radius 1 is 0.952 bits per heavy atom. The summed E-state index contributed by atoms with van der Waals surface area (Å²) in [5.74, 6) is -0.416. The topological polar surface area (TPSA) is 37.4 Å². The molecule has 2 aromatic rings. The molecule has 0 bridgehead atoms. The molecular weight excluding hydrogens is 330 g/mol. The summed E-state index contributed by atoms with van der Waals surface area (Å²) in [5, 5.41) is 0. The lowest BCUT2D eigenvalue weighted by molar-refractivity contribution is 0.0642. The van der Waals surface area contributed by atoms with Gasteiger partial charge in [-0.25, -0.2) is 0 Å². The van der Waals surface area contributed by atoms with Crippen molar-refractivity contribution < 1.29 is 9.59 Å². The Kier molecular flexibility index (Phi) is 3.64. The Morgan fingerprint density at radius 3 is 2.14 bits per heavy atom. The van der Waals surface area contributed by atoms with Crippen LogP contribution in [0.3, 0.4) is 0 Å². The van der Waals surface area contributed by atoms with Gasteiger partial charge in [-0.2, -0.15) is 0 Å². The number of carbonyl (C=O) groups is 2. The molecule has 2 amide bonds. The number of aryl methyl sites for hydroxylation is 1. The minimum absolute atomic E-state index is 0.208. The average molecular weight is 344 g/mol. The molecule has 0 spiro atoms. The van der Waals surface area contributed by atoms with Gasteiger partial charge in [-0.3, -0.25) is 14.5 Å². The molecule has 3 rings (SSSR count). The molecule has 0 saturated heterocycles. The molecule has 106 valence electrons. The van der Waals surface area contributed by atoms with E-state index >= 15 is 0 Å². The van der Waals surface area contributed by atoms with Crippen molar-refractivity contribution in [2.45, 2.75) is 19.9 Å². The van der Waals surface area contributed by atoms with Gasteiger partial charge in [0.15, 0.2) is 0 Å². The predicted molar refractivity (Wildman–Crippen MR) is 84.2 cm³/mol. The Labute approximate surface area is 131 Å². The highest BCUT2D eigenvalue weighted by atomic mass is 79.9. The summed E-state index contributed by atoms with van der Waals surface area (Å²) >= 11 is 3.45.